The summed E-state index contributed by atoms with van der Waals surface area (Å²) in [5.74, 6) is 1.95. The van der Waals surface area contributed by atoms with Gasteiger partial charge in [-0.3, -0.25) is 0 Å². The van der Waals surface area contributed by atoms with E-state index < -0.39 is 0 Å². The Morgan fingerprint density at radius 1 is 1.33 bits per heavy atom. The SMILES string of the molecule is CCCNCc1cc(Cl)ccc1SCC(C)CC. The third kappa shape index (κ3) is 5.64. The predicted molar refractivity (Wildman–Crippen MR) is 83.6 cm³/mol. The summed E-state index contributed by atoms with van der Waals surface area (Å²) < 4.78 is 0. The highest BCUT2D eigenvalue weighted by atomic mass is 35.5. The van der Waals surface area contributed by atoms with Crippen LogP contribution in [-0.4, -0.2) is 12.3 Å². The number of benzene rings is 1. The third-order valence-corrected chi connectivity index (χ3v) is 4.67. The maximum absolute atomic E-state index is 6.08. The number of thioether (sulfide) groups is 1. The van der Waals surface area contributed by atoms with E-state index in [0.29, 0.717) is 0 Å². The molecule has 0 spiro atoms. The predicted octanol–water partition coefficient (Wildman–Crippen LogP) is 4.98. The minimum atomic E-state index is 0.766. The highest BCUT2D eigenvalue weighted by Gasteiger charge is 2.06. The number of halogens is 1. The highest BCUT2D eigenvalue weighted by Crippen LogP contribution is 2.28. The first-order chi connectivity index (χ1) is 8.67. The van der Waals surface area contributed by atoms with Gasteiger partial charge in [-0.2, -0.15) is 0 Å². The van der Waals surface area contributed by atoms with Crippen molar-refractivity contribution in [2.45, 2.75) is 45.1 Å². The topological polar surface area (TPSA) is 12.0 Å². The van der Waals surface area contributed by atoms with Gasteiger partial charge in [0.25, 0.3) is 0 Å². The minimum absolute atomic E-state index is 0.766. The van der Waals surface area contributed by atoms with Gasteiger partial charge < -0.3 is 5.32 Å². The van der Waals surface area contributed by atoms with Gasteiger partial charge in [-0.1, -0.05) is 38.8 Å². The fraction of sp³-hybridized carbons (Fsp3) is 0.600. The molecule has 1 N–H and O–H groups in total. The molecular formula is C15H24ClNS. The largest absolute Gasteiger partial charge is 0.313 e. The van der Waals surface area contributed by atoms with Crippen LogP contribution in [0.4, 0.5) is 0 Å². The molecule has 102 valence electrons. The van der Waals surface area contributed by atoms with E-state index in [1.54, 1.807) is 0 Å². The first-order valence-corrected chi connectivity index (χ1v) is 8.15. The van der Waals surface area contributed by atoms with Crippen molar-refractivity contribution < 1.29 is 0 Å². The van der Waals surface area contributed by atoms with Crippen LogP contribution in [0.3, 0.4) is 0 Å². The van der Waals surface area contributed by atoms with Crippen molar-refractivity contribution in [1.82, 2.24) is 5.32 Å². The molecule has 0 aliphatic rings. The molecule has 1 aromatic carbocycles. The van der Waals surface area contributed by atoms with Crippen molar-refractivity contribution in [3.05, 3.63) is 28.8 Å². The molecule has 1 rings (SSSR count). The summed E-state index contributed by atoms with van der Waals surface area (Å²) in [5.41, 5.74) is 1.32. The first-order valence-electron chi connectivity index (χ1n) is 6.79. The van der Waals surface area contributed by atoms with Crippen molar-refractivity contribution in [1.29, 1.82) is 0 Å². The normalized spacial score (nSPS) is 12.7. The molecular weight excluding hydrogens is 262 g/mol. The number of hydrogen-bond acceptors (Lipinski definition) is 2. The minimum Gasteiger partial charge on any atom is -0.313 e. The zero-order valence-electron chi connectivity index (χ0n) is 11.6. The van der Waals surface area contributed by atoms with Crippen LogP contribution < -0.4 is 5.32 Å². The Hall–Kier alpha value is -0.180. The van der Waals surface area contributed by atoms with Crippen molar-refractivity contribution in [2.24, 2.45) is 5.92 Å². The summed E-state index contributed by atoms with van der Waals surface area (Å²) in [6.07, 6.45) is 2.40. The Bertz CT molecular complexity index is 354. The van der Waals surface area contributed by atoms with Crippen LogP contribution in [-0.2, 0) is 6.54 Å². The maximum atomic E-state index is 6.08. The van der Waals surface area contributed by atoms with Gasteiger partial charge in [0, 0.05) is 22.2 Å². The van der Waals surface area contributed by atoms with Gasteiger partial charge in [0.1, 0.15) is 0 Å². The summed E-state index contributed by atoms with van der Waals surface area (Å²) in [4.78, 5) is 1.36. The summed E-state index contributed by atoms with van der Waals surface area (Å²) in [6, 6.07) is 6.23. The number of nitrogens with one attached hydrogen (secondary N) is 1. The molecule has 0 heterocycles. The van der Waals surface area contributed by atoms with E-state index in [-0.39, 0.29) is 0 Å². The standard InChI is InChI=1S/C15H24ClNS/c1-4-8-17-10-13-9-14(16)6-7-15(13)18-11-12(3)5-2/h6-7,9,12,17H,4-5,8,10-11H2,1-3H3. The van der Waals surface area contributed by atoms with Crippen LogP contribution >= 0.6 is 23.4 Å². The number of hydrogen-bond donors (Lipinski definition) is 1. The van der Waals surface area contributed by atoms with E-state index in [4.69, 9.17) is 11.6 Å². The van der Waals surface area contributed by atoms with Gasteiger partial charge in [0.05, 0.1) is 0 Å². The second kappa shape index (κ2) is 8.84. The lowest BCUT2D eigenvalue weighted by Crippen LogP contribution is -2.14. The molecule has 1 aromatic rings. The molecule has 0 aromatic heterocycles. The Morgan fingerprint density at radius 2 is 2.11 bits per heavy atom. The van der Waals surface area contributed by atoms with Crippen molar-refractivity contribution >= 4 is 23.4 Å². The summed E-state index contributed by atoms with van der Waals surface area (Å²) >= 11 is 8.03. The van der Waals surface area contributed by atoms with E-state index in [2.05, 4.69) is 38.2 Å². The summed E-state index contributed by atoms with van der Waals surface area (Å²) in [6.45, 7) is 8.71. The molecule has 0 bridgehead atoms. The van der Waals surface area contributed by atoms with Gasteiger partial charge in [-0.15, -0.1) is 11.8 Å². The Kier molecular flexibility index (Phi) is 7.80. The molecule has 0 aliphatic carbocycles. The number of rotatable bonds is 8. The van der Waals surface area contributed by atoms with Gasteiger partial charge in [0.15, 0.2) is 0 Å². The molecule has 1 unspecified atom stereocenters. The molecule has 0 fully saturated rings. The molecule has 0 saturated heterocycles. The van der Waals surface area contributed by atoms with Crippen LogP contribution in [0.5, 0.6) is 0 Å². The second-order valence-electron chi connectivity index (χ2n) is 4.75. The molecule has 0 radical (unpaired) electrons. The summed E-state index contributed by atoms with van der Waals surface area (Å²) in [5, 5.41) is 4.28. The average Bonchev–Trinajstić information content (AvgIpc) is 2.37. The van der Waals surface area contributed by atoms with Crippen LogP contribution in [0.1, 0.15) is 39.2 Å². The average molecular weight is 286 g/mol. The Labute approximate surface area is 121 Å². The lowest BCUT2D eigenvalue weighted by molar-refractivity contribution is 0.636. The molecule has 3 heteroatoms. The van der Waals surface area contributed by atoms with E-state index in [0.717, 1.165) is 30.5 Å². The molecule has 0 aliphatic heterocycles. The fourth-order valence-corrected chi connectivity index (χ4v) is 2.95. The van der Waals surface area contributed by atoms with Gasteiger partial charge in [0.2, 0.25) is 0 Å². The molecule has 1 atom stereocenters. The lowest BCUT2D eigenvalue weighted by atomic mass is 10.2. The van der Waals surface area contributed by atoms with Crippen LogP contribution in [0.25, 0.3) is 0 Å². The van der Waals surface area contributed by atoms with Crippen LogP contribution in [0.15, 0.2) is 23.1 Å². The highest BCUT2D eigenvalue weighted by molar-refractivity contribution is 7.99. The summed E-state index contributed by atoms with van der Waals surface area (Å²) in [7, 11) is 0. The van der Waals surface area contributed by atoms with Crippen LogP contribution in [0.2, 0.25) is 5.02 Å². The van der Waals surface area contributed by atoms with Gasteiger partial charge >= 0.3 is 0 Å². The van der Waals surface area contributed by atoms with E-state index >= 15 is 0 Å². The Morgan fingerprint density at radius 3 is 2.78 bits per heavy atom. The molecule has 1 nitrogen and oxygen atoms in total. The smallest absolute Gasteiger partial charge is 0.0410 e. The van der Waals surface area contributed by atoms with Gasteiger partial charge in [-0.05, 0) is 42.6 Å². The molecule has 18 heavy (non-hydrogen) atoms. The Balaban J connectivity index is 2.63. The maximum Gasteiger partial charge on any atom is 0.0410 e. The van der Waals surface area contributed by atoms with Crippen molar-refractivity contribution in [2.75, 3.05) is 12.3 Å². The second-order valence-corrected chi connectivity index (χ2v) is 6.25. The quantitative estimate of drug-likeness (QED) is 0.534. The van der Waals surface area contributed by atoms with E-state index in [1.165, 1.54) is 22.6 Å². The van der Waals surface area contributed by atoms with Gasteiger partial charge in [-0.25, -0.2) is 0 Å². The lowest BCUT2D eigenvalue weighted by Gasteiger charge is -2.13. The zero-order chi connectivity index (χ0) is 13.4. The first kappa shape index (κ1) is 15.9. The monoisotopic (exact) mass is 285 g/mol. The molecule has 0 amide bonds. The van der Waals surface area contributed by atoms with E-state index in [1.807, 2.05) is 17.8 Å². The third-order valence-electron chi connectivity index (χ3n) is 2.99. The fourth-order valence-electron chi connectivity index (χ4n) is 1.58. The van der Waals surface area contributed by atoms with Crippen molar-refractivity contribution in [3.8, 4) is 0 Å². The van der Waals surface area contributed by atoms with E-state index in [9.17, 15) is 0 Å². The molecule has 0 saturated carbocycles. The zero-order valence-corrected chi connectivity index (χ0v) is 13.2. The van der Waals surface area contributed by atoms with Crippen LogP contribution in [0, 0.1) is 5.92 Å². The van der Waals surface area contributed by atoms with Crippen molar-refractivity contribution in [3.63, 3.8) is 0 Å².